The Morgan fingerprint density at radius 1 is 1.67 bits per heavy atom. The van der Waals surface area contributed by atoms with Gasteiger partial charge in [0.05, 0.1) is 0 Å². The SMILES string of the molecule is CC(C)CO.[H-].[Na+]. The summed E-state index contributed by atoms with van der Waals surface area (Å²) < 4.78 is 0. The van der Waals surface area contributed by atoms with Crippen molar-refractivity contribution in [3.8, 4) is 0 Å². The summed E-state index contributed by atoms with van der Waals surface area (Å²) in [6, 6.07) is 0. The van der Waals surface area contributed by atoms with Crippen LogP contribution in [0.25, 0.3) is 0 Å². The molecule has 0 aromatic carbocycles. The van der Waals surface area contributed by atoms with E-state index in [0.717, 1.165) is 0 Å². The Balaban J connectivity index is -0.0000000800. The molecule has 0 unspecified atom stereocenters. The van der Waals surface area contributed by atoms with E-state index >= 15 is 0 Å². The van der Waals surface area contributed by atoms with Crippen molar-refractivity contribution in [2.45, 2.75) is 13.8 Å². The van der Waals surface area contributed by atoms with Gasteiger partial charge in [0, 0.05) is 6.61 Å². The smallest absolute Gasteiger partial charge is 1.00 e. The van der Waals surface area contributed by atoms with Crippen LogP contribution in [0.2, 0.25) is 0 Å². The molecule has 0 amide bonds. The van der Waals surface area contributed by atoms with Crippen LogP contribution in [-0.4, -0.2) is 11.7 Å². The average Bonchev–Trinajstić information content (AvgIpc) is 1.38. The number of hydrogen-bond acceptors (Lipinski definition) is 1. The van der Waals surface area contributed by atoms with E-state index in [-0.39, 0.29) is 31.0 Å². The first kappa shape index (κ1) is 10.0. The fourth-order valence-corrected chi connectivity index (χ4v) is 0. The zero-order valence-corrected chi connectivity index (χ0v) is 6.73. The van der Waals surface area contributed by atoms with E-state index in [2.05, 4.69) is 0 Å². The predicted octanol–water partition coefficient (Wildman–Crippen LogP) is -2.25. The van der Waals surface area contributed by atoms with Gasteiger partial charge in [-0.1, -0.05) is 13.8 Å². The van der Waals surface area contributed by atoms with Crippen molar-refractivity contribution >= 4 is 0 Å². The van der Waals surface area contributed by atoms with Gasteiger partial charge >= 0.3 is 29.6 Å². The van der Waals surface area contributed by atoms with Crippen LogP contribution in [0.3, 0.4) is 0 Å². The first-order chi connectivity index (χ1) is 2.27. The second kappa shape index (κ2) is 5.96. The predicted molar refractivity (Wildman–Crippen MR) is 23.0 cm³/mol. The Morgan fingerprint density at radius 3 is 1.83 bits per heavy atom. The molecule has 0 heterocycles. The molecule has 0 aliphatic rings. The van der Waals surface area contributed by atoms with Crippen molar-refractivity contribution in [1.29, 1.82) is 0 Å². The number of aliphatic hydroxyl groups is 1. The Morgan fingerprint density at radius 2 is 1.83 bits per heavy atom. The molecule has 34 valence electrons. The van der Waals surface area contributed by atoms with Gasteiger partial charge < -0.3 is 6.53 Å². The van der Waals surface area contributed by atoms with Crippen molar-refractivity contribution < 1.29 is 36.1 Å². The standard InChI is InChI=1S/C4H10O.Na.H/c1-4(2)3-5;;/h4-5H,3H2,1-2H3;;/q;+1;-1. The third kappa shape index (κ3) is 8.88. The van der Waals surface area contributed by atoms with E-state index < -0.39 is 0 Å². The van der Waals surface area contributed by atoms with Crippen molar-refractivity contribution in [3.05, 3.63) is 0 Å². The average molecular weight is 98.1 g/mol. The summed E-state index contributed by atoms with van der Waals surface area (Å²) in [5.74, 6) is 0.440. The molecule has 0 aromatic rings. The molecular weight excluding hydrogens is 87.0 g/mol. The first-order valence-electron chi connectivity index (χ1n) is 1.88. The molecule has 0 rings (SSSR count). The summed E-state index contributed by atoms with van der Waals surface area (Å²) >= 11 is 0. The fraction of sp³-hybridized carbons (Fsp3) is 1.00. The molecule has 1 nitrogen and oxygen atoms in total. The van der Waals surface area contributed by atoms with E-state index in [1.165, 1.54) is 0 Å². The van der Waals surface area contributed by atoms with Crippen LogP contribution in [0, 0.1) is 5.92 Å². The maximum atomic E-state index is 8.14. The van der Waals surface area contributed by atoms with E-state index in [4.69, 9.17) is 5.11 Å². The van der Waals surface area contributed by atoms with Gasteiger partial charge in [0.2, 0.25) is 0 Å². The molecule has 0 aliphatic heterocycles. The van der Waals surface area contributed by atoms with Gasteiger partial charge in [-0.15, -0.1) is 0 Å². The molecule has 2 heteroatoms. The Bertz CT molecular complexity index is 25.7. The van der Waals surface area contributed by atoms with E-state index in [9.17, 15) is 0 Å². The largest absolute Gasteiger partial charge is 1.00 e. The summed E-state index contributed by atoms with van der Waals surface area (Å²) in [7, 11) is 0. The second-order valence-electron chi connectivity index (χ2n) is 1.58. The minimum Gasteiger partial charge on any atom is -1.00 e. The van der Waals surface area contributed by atoms with Gasteiger partial charge in [-0.05, 0) is 5.92 Å². The van der Waals surface area contributed by atoms with Crippen LogP contribution in [0.4, 0.5) is 0 Å². The normalized spacial score (nSPS) is 8.00. The Labute approximate surface area is 62.5 Å². The van der Waals surface area contributed by atoms with Gasteiger partial charge in [0.1, 0.15) is 0 Å². The molecule has 0 aliphatic carbocycles. The Hall–Kier alpha value is 0.960. The zero-order valence-electron chi connectivity index (χ0n) is 5.73. The van der Waals surface area contributed by atoms with Crippen molar-refractivity contribution in [2.24, 2.45) is 5.92 Å². The van der Waals surface area contributed by atoms with Crippen LogP contribution in [0.1, 0.15) is 15.3 Å². The maximum Gasteiger partial charge on any atom is 1.00 e. The first-order valence-corrected chi connectivity index (χ1v) is 1.88. The minimum atomic E-state index is 0. The topological polar surface area (TPSA) is 20.2 Å². The van der Waals surface area contributed by atoms with Gasteiger partial charge in [0.15, 0.2) is 0 Å². The van der Waals surface area contributed by atoms with Crippen molar-refractivity contribution in [2.75, 3.05) is 6.61 Å². The van der Waals surface area contributed by atoms with Gasteiger partial charge in [-0.25, -0.2) is 0 Å². The summed E-state index contributed by atoms with van der Waals surface area (Å²) in [6.45, 7) is 4.25. The summed E-state index contributed by atoms with van der Waals surface area (Å²) in [5.41, 5.74) is 0. The number of rotatable bonds is 1. The monoisotopic (exact) mass is 98.1 g/mol. The molecule has 0 atom stereocenters. The summed E-state index contributed by atoms with van der Waals surface area (Å²) in [5, 5.41) is 8.14. The fourth-order valence-electron chi connectivity index (χ4n) is 0. The molecule has 0 fully saturated rings. The van der Waals surface area contributed by atoms with E-state index in [0.29, 0.717) is 12.5 Å². The van der Waals surface area contributed by atoms with Gasteiger partial charge in [-0.2, -0.15) is 0 Å². The molecule has 6 heavy (non-hydrogen) atoms. The van der Waals surface area contributed by atoms with Crippen LogP contribution in [0.5, 0.6) is 0 Å². The summed E-state index contributed by atoms with van der Waals surface area (Å²) in [6.07, 6.45) is 0. The molecule has 0 aromatic heterocycles. The molecular formula is C4H11NaO. The van der Waals surface area contributed by atoms with Crippen LogP contribution >= 0.6 is 0 Å². The molecule has 0 saturated carbocycles. The molecule has 0 saturated heterocycles. The third-order valence-corrected chi connectivity index (χ3v) is 0.365. The molecule has 0 radical (unpaired) electrons. The molecule has 1 N–H and O–H groups in total. The van der Waals surface area contributed by atoms with Gasteiger partial charge in [-0.3, -0.25) is 0 Å². The van der Waals surface area contributed by atoms with Crippen LogP contribution in [0.15, 0.2) is 0 Å². The second-order valence-corrected chi connectivity index (χ2v) is 1.58. The maximum absolute atomic E-state index is 8.14. The van der Waals surface area contributed by atoms with Crippen molar-refractivity contribution in [1.82, 2.24) is 0 Å². The minimum absolute atomic E-state index is 0. The van der Waals surface area contributed by atoms with Crippen LogP contribution in [-0.2, 0) is 0 Å². The van der Waals surface area contributed by atoms with E-state index in [1.807, 2.05) is 13.8 Å². The quantitative estimate of drug-likeness (QED) is 0.367. The molecule has 0 spiro atoms. The van der Waals surface area contributed by atoms with Gasteiger partial charge in [0.25, 0.3) is 0 Å². The van der Waals surface area contributed by atoms with Crippen molar-refractivity contribution in [3.63, 3.8) is 0 Å². The zero-order chi connectivity index (χ0) is 4.28. The number of hydrogen-bond donors (Lipinski definition) is 1. The Kier molecular flexibility index (Phi) is 9.98. The van der Waals surface area contributed by atoms with Crippen LogP contribution < -0.4 is 29.6 Å². The third-order valence-electron chi connectivity index (χ3n) is 0.365. The summed E-state index contributed by atoms with van der Waals surface area (Å²) in [4.78, 5) is 0. The van der Waals surface area contributed by atoms with E-state index in [1.54, 1.807) is 0 Å². The molecule has 0 bridgehead atoms. The number of aliphatic hydroxyl groups excluding tert-OH is 1.